The number of benzene rings is 1. The van der Waals surface area contributed by atoms with E-state index in [4.69, 9.17) is 0 Å². The number of aliphatic hydroxyl groups is 1. The monoisotopic (exact) mass is 233 g/mol. The van der Waals surface area contributed by atoms with Gasteiger partial charge in [0.25, 0.3) is 5.91 Å². The number of amides is 1. The minimum Gasteiger partial charge on any atom is -0.391 e. The summed E-state index contributed by atoms with van der Waals surface area (Å²) in [5, 5.41) is 9.61. The third-order valence-electron chi connectivity index (χ3n) is 3.31. The SMILES string of the molecule is CCc1ccccc1C(=O)N1CCC[C@H](O)C1. The van der Waals surface area contributed by atoms with E-state index in [1.165, 1.54) is 0 Å². The molecule has 0 bridgehead atoms. The maximum atomic E-state index is 12.3. The van der Waals surface area contributed by atoms with Crippen molar-refractivity contribution in [1.29, 1.82) is 0 Å². The summed E-state index contributed by atoms with van der Waals surface area (Å²) in [4.78, 5) is 14.1. The molecule has 17 heavy (non-hydrogen) atoms. The predicted molar refractivity (Wildman–Crippen MR) is 67.0 cm³/mol. The van der Waals surface area contributed by atoms with Crippen LogP contribution < -0.4 is 0 Å². The Hall–Kier alpha value is -1.35. The molecule has 0 aromatic heterocycles. The molecular formula is C14H19NO2. The minimum absolute atomic E-state index is 0.0567. The number of likely N-dealkylation sites (tertiary alicyclic amines) is 1. The number of hydrogen-bond acceptors (Lipinski definition) is 2. The minimum atomic E-state index is -0.360. The van der Waals surface area contributed by atoms with Crippen molar-refractivity contribution in [2.24, 2.45) is 0 Å². The molecule has 1 fully saturated rings. The highest BCUT2D eigenvalue weighted by Crippen LogP contribution is 2.16. The van der Waals surface area contributed by atoms with Gasteiger partial charge in [-0.1, -0.05) is 25.1 Å². The summed E-state index contributed by atoms with van der Waals surface area (Å²) in [6.07, 6.45) is 2.19. The van der Waals surface area contributed by atoms with Crippen molar-refractivity contribution in [2.75, 3.05) is 13.1 Å². The zero-order valence-electron chi connectivity index (χ0n) is 10.2. The first-order chi connectivity index (χ1) is 8.22. The lowest BCUT2D eigenvalue weighted by molar-refractivity contribution is 0.0473. The summed E-state index contributed by atoms with van der Waals surface area (Å²) < 4.78 is 0. The Kier molecular flexibility index (Phi) is 3.79. The molecule has 1 aliphatic heterocycles. The second kappa shape index (κ2) is 5.32. The highest BCUT2D eigenvalue weighted by atomic mass is 16.3. The predicted octanol–water partition coefficient (Wildman–Crippen LogP) is 1.85. The highest BCUT2D eigenvalue weighted by molar-refractivity contribution is 5.95. The topological polar surface area (TPSA) is 40.5 Å². The molecule has 92 valence electrons. The number of piperidine rings is 1. The maximum Gasteiger partial charge on any atom is 0.254 e. The molecule has 1 aliphatic rings. The van der Waals surface area contributed by atoms with Crippen LogP contribution in [0.3, 0.4) is 0 Å². The Morgan fingerprint density at radius 1 is 1.47 bits per heavy atom. The molecule has 1 atom stereocenters. The number of aryl methyl sites for hydroxylation is 1. The first-order valence-corrected chi connectivity index (χ1v) is 6.27. The van der Waals surface area contributed by atoms with Crippen molar-refractivity contribution in [1.82, 2.24) is 4.90 Å². The molecule has 1 N–H and O–H groups in total. The fourth-order valence-corrected chi connectivity index (χ4v) is 2.35. The first-order valence-electron chi connectivity index (χ1n) is 6.27. The van der Waals surface area contributed by atoms with Gasteiger partial charge in [-0.2, -0.15) is 0 Å². The quantitative estimate of drug-likeness (QED) is 0.846. The van der Waals surface area contributed by atoms with Crippen molar-refractivity contribution in [3.63, 3.8) is 0 Å². The Labute approximate surface area is 102 Å². The van der Waals surface area contributed by atoms with E-state index in [2.05, 4.69) is 6.92 Å². The fourth-order valence-electron chi connectivity index (χ4n) is 2.35. The first kappa shape index (κ1) is 12.1. The summed E-state index contributed by atoms with van der Waals surface area (Å²) in [5.74, 6) is 0.0567. The van der Waals surface area contributed by atoms with Crippen LogP contribution in [0.2, 0.25) is 0 Å². The average molecular weight is 233 g/mol. The summed E-state index contributed by atoms with van der Waals surface area (Å²) >= 11 is 0. The number of β-amino-alcohol motifs (C(OH)–C–C–N with tert-alkyl or cyclic N) is 1. The van der Waals surface area contributed by atoms with Crippen molar-refractivity contribution in [2.45, 2.75) is 32.3 Å². The van der Waals surface area contributed by atoms with E-state index in [1.807, 2.05) is 24.3 Å². The summed E-state index contributed by atoms with van der Waals surface area (Å²) in [5.41, 5.74) is 1.86. The van der Waals surface area contributed by atoms with Crippen molar-refractivity contribution in [3.05, 3.63) is 35.4 Å². The van der Waals surface area contributed by atoms with Crippen LogP contribution in [0.25, 0.3) is 0 Å². The van der Waals surface area contributed by atoms with Crippen molar-refractivity contribution >= 4 is 5.91 Å². The van der Waals surface area contributed by atoms with Crippen LogP contribution in [-0.4, -0.2) is 35.1 Å². The highest BCUT2D eigenvalue weighted by Gasteiger charge is 2.23. The molecule has 2 rings (SSSR count). The summed E-state index contributed by atoms with van der Waals surface area (Å²) in [6, 6.07) is 7.73. The Morgan fingerprint density at radius 3 is 2.94 bits per heavy atom. The fraction of sp³-hybridized carbons (Fsp3) is 0.500. The van der Waals surface area contributed by atoms with Gasteiger partial charge in [-0.3, -0.25) is 4.79 Å². The van der Waals surface area contributed by atoms with E-state index in [0.717, 1.165) is 36.9 Å². The molecule has 0 unspecified atom stereocenters. The van der Waals surface area contributed by atoms with E-state index < -0.39 is 0 Å². The Bertz CT molecular complexity index is 403. The second-order valence-electron chi connectivity index (χ2n) is 4.56. The zero-order chi connectivity index (χ0) is 12.3. The van der Waals surface area contributed by atoms with Gasteiger partial charge in [-0.15, -0.1) is 0 Å². The van der Waals surface area contributed by atoms with Gasteiger partial charge in [-0.05, 0) is 30.9 Å². The molecule has 0 aliphatic carbocycles. The van der Waals surface area contributed by atoms with Gasteiger partial charge in [0.1, 0.15) is 0 Å². The molecule has 3 nitrogen and oxygen atoms in total. The molecule has 1 saturated heterocycles. The second-order valence-corrected chi connectivity index (χ2v) is 4.56. The molecule has 0 radical (unpaired) electrons. The standard InChI is InChI=1S/C14H19NO2/c1-2-11-6-3-4-8-13(11)14(17)15-9-5-7-12(16)10-15/h3-4,6,8,12,16H,2,5,7,9-10H2,1H3/t12-/m0/s1. The van der Waals surface area contributed by atoms with Crippen LogP contribution >= 0.6 is 0 Å². The van der Waals surface area contributed by atoms with Crippen LogP contribution in [0.15, 0.2) is 24.3 Å². The van der Waals surface area contributed by atoms with Crippen LogP contribution in [0.4, 0.5) is 0 Å². The summed E-state index contributed by atoms with van der Waals surface area (Å²) in [7, 11) is 0. The normalized spacial score (nSPS) is 20.4. The summed E-state index contributed by atoms with van der Waals surface area (Å²) in [6.45, 7) is 3.28. The number of rotatable bonds is 2. The van der Waals surface area contributed by atoms with Gasteiger partial charge >= 0.3 is 0 Å². The van der Waals surface area contributed by atoms with Gasteiger partial charge in [0.05, 0.1) is 6.10 Å². The third kappa shape index (κ3) is 2.67. The molecule has 0 spiro atoms. The van der Waals surface area contributed by atoms with Crippen LogP contribution in [0.5, 0.6) is 0 Å². The molecule has 1 aromatic rings. The van der Waals surface area contributed by atoms with E-state index >= 15 is 0 Å². The number of hydrogen-bond donors (Lipinski definition) is 1. The Balaban J connectivity index is 2.18. The number of carbonyl (C=O) groups excluding carboxylic acids is 1. The lowest BCUT2D eigenvalue weighted by Crippen LogP contribution is -2.42. The van der Waals surface area contributed by atoms with Gasteiger partial charge in [-0.25, -0.2) is 0 Å². The van der Waals surface area contributed by atoms with Crippen LogP contribution in [0, 0.1) is 0 Å². The molecular weight excluding hydrogens is 214 g/mol. The molecule has 1 heterocycles. The third-order valence-corrected chi connectivity index (χ3v) is 3.31. The number of carbonyl (C=O) groups is 1. The zero-order valence-corrected chi connectivity index (χ0v) is 10.2. The van der Waals surface area contributed by atoms with Gasteiger partial charge in [0.15, 0.2) is 0 Å². The lowest BCUT2D eigenvalue weighted by Gasteiger charge is -2.30. The van der Waals surface area contributed by atoms with Crippen LogP contribution in [0.1, 0.15) is 35.7 Å². The molecule has 1 aromatic carbocycles. The van der Waals surface area contributed by atoms with Gasteiger partial charge < -0.3 is 10.0 Å². The number of aliphatic hydroxyl groups excluding tert-OH is 1. The smallest absolute Gasteiger partial charge is 0.254 e. The van der Waals surface area contributed by atoms with Crippen molar-refractivity contribution < 1.29 is 9.90 Å². The largest absolute Gasteiger partial charge is 0.391 e. The van der Waals surface area contributed by atoms with Crippen LogP contribution in [-0.2, 0) is 6.42 Å². The van der Waals surface area contributed by atoms with E-state index in [9.17, 15) is 9.90 Å². The van der Waals surface area contributed by atoms with Crippen molar-refractivity contribution in [3.8, 4) is 0 Å². The van der Waals surface area contributed by atoms with E-state index in [1.54, 1.807) is 4.90 Å². The van der Waals surface area contributed by atoms with Gasteiger partial charge in [0, 0.05) is 18.7 Å². The molecule has 3 heteroatoms. The maximum absolute atomic E-state index is 12.3. The molecule has 0 saturated carbocycles. The number of nitrogens with zero attached hydrogens (tertiary/aromatic N) is 1. The van der Waals surface area contributed by atoms with E-state index in [0.29, 0.717) is 6.54 Å². The average Bonchev–Trinajstić information content (AvgIpc) is 2.38. The lowest BCUT2D eigenvalue weighted by atomic mass is 10.0. The molecule has 1 amide bonds. The Morgan fingerprint density at radius 2 is 2.24 bits per heavy atom. The van der Waals surface area contributed by atoms with E-state index in [-0.39, 0.29) is 12.0 Å². The van der Waals surface area contributed by atoms with Gasteiger partial charge in [0.2, 0.25) is 0 Å².